The van der Waals surface area contributed by atoms with Crippen molar-refractivity contribution in [3.63, 3.8) is 0 Å². The van der Waals surface area contributed by atoms with Gasteiger partial charge in [-0.2, -0.15) is 0 Å². The average Bonchev–Trinajstić information content (AvgIpc) is 3.16. The number of carbonyl (C=O) groups excluding carboxylic acids is 4. The maximum Gasteiger partial charge on any atom is 0.411 e. The predicted octanol–water partition coefficient (Wildman–Crippen LogP) is 4.66. The maximum atomic E-state index is 13.7. The Labute approximate surface area is 310 Å². The molecule has 2 fully saturated rings. The number of piperazine rings is 2. The smallest absolute Gasteiger partial charge is 0.411 e. The molecule has 0 aliphatic carbocycles. The Hall–Kier alpha value is -4.84. The van der Waals surface area contributed by atoms with Crippen LogP contribution in [0.3, 0.4) is 0 Å². The Kier molecular flexibility index (Phi) is 18.5. The Morgan fingerprint density at radius 3 is 1.50 bits per heavy atom. The topological polar surface area (TPSA) is 109 Å². The molecule has 2 aliphatic rings. The van der Waals surface area contributed by atoms with Crippen LogP contribution in [0.1, 0.15) is 64.5 Å². The van der Waals surface area contributed by atoms with Crippen molar-refractivity contribution in [2.75, 3.05) is 66.6 Å². The van der Waals surface area contributed by atoms with Gasteiger partial charge in [-0.1, -0.05) is 74.5 Å². The molecule has 0 spiro atoms. The highest BCUT2D eigenvalue weighted by atomic mass is 16.6. The van der Waals surface area contributed by atoms with E-state index in [1.807, 2.05) is 74.5 Å². The second-order valence-electron chi connectivity index (χ2n) is 13.0. The Morgan fingerprint density at radius 1 is 0.712 bits per heavy atom. The number of nitrogens with zero attached hydrogens (tertiary/aromatic N) is 4. The SMILES string of the molecule is C#CCCN1CCN(C(=O)C(c2ccccc2)c2ccccc2)[C@H](C(=O)OC)C1.C#CCCN1CCN(C(=O)OC(C)(C)C)[C@H](C(=O)OC)C1.CC. The second kappa shape index (κ2) is 22.2. The second-order valence-corrected chi connectivity index (χ2v) is 13.0. The largest absolute Gasteiger partial charge is 0.467 e. The van der Waals surface area contributed by atoms with Gasteiger partial charge in [-0.3, -0.25) is 19.5 Å². The van der Waals surface area contributed by atoms with Crippen molar-refractivity contribution >= 4 is 23.9 Å². The van der Waals surface area contributed by atoms with Gasteiger partial charge in [0.25, 0.3) is 0 Å². The summed E-state index contributed by atoms with van der Waals surface area (Å²) >= 11 is 0. The lowest BCUT2D eigenvalue weighted by Gasteiger charge is -2.41. The molecule has 282 valence electrons. The van der Waals surface area contributed by atoms with E-state index in [0.717, 1.165) is 11.1 Å². The molecule has 11 nitrogen and oxygen atoms in total. The third-order valence-corrected chi connectivity index (χ3v) is 8.44. The highest BCUT2D eigenvalue weighted by molar-refractivity contribution is 5.91. The minimum Gasteiger partial charge on any atom is -0.467 e. The molecule has 0 bridgehead atoms. The number of ether oxygens (including phenoxy) is 3. The number of terminal acetylenes is 2. The van der Waals surface area contributed by atoms with Crippen LogP contribution in [0.5, 0.6) is 0 Å². The van der Waals surface area contributed by atoms with Gasteiger partial charge < -0.3 is 19.1 Å². The molecule has 2 atom stereocenters. The molecule has 0 aromatic heterocycles. The van der Waals surface area contributed by atoms with Gasteiger partial charge in [0.1, 0.15) is 17.7 Å². The molecule has 0 saturated carbocycles. The molecule has 2 aromatic carbocycles. The van der Waals surface area contributed by atoms with Gasteiger partial charge in [0.05, 0.1) is 20.1 Å². The number of amides is 2. The van der Waals surface area contributed by atoms with Crippen LogP contribution in [-0.4, -0.2) is 128 Å². The minimum absolute atomic E-state index is 0.0885. The van der Waals surface area contributed by atoms with Gasteiger partial charge in [0.15, 0.2) is 0 Å². The molecule has 2 amide bonds. The van der Waals surface area contributed by atoms with Gasteiger partial charge in [-0.25, -0.2) is 14.4 Å². The fourth-order valence-corrected chi connectivity index (χ4v) is 5.94. The molecular weight excluding hydrogens is 660 g/mol. The zero-order chi connectivity index (χ0) is 38.7. The van der Waals surface area contributed by atoms with E-state index in [1.165, 1.54) is 19.1 Å². The monoisotopic (exact) mass is 716 g/mol. The van der Waals surface area contributed by atoms with Crippen LogP contribution >= 0.6 is 0 Å². The zero-order valence-electron chi connectivity index (χ0n) is 31.9. The number of hydrogen-bond acceptors (Lipinski definition) is 9. The first-order valence-electron chi connectivity index (χ1n) is 17.8. The van der Waals surface area contributed by atoms with Crippen molar-refractivity contribution in [1.82, 2.24) is 19.6 Å². The van der Waals surface area contributed by atoms with Crippen LogP contribution in [-0.2, 0) is 28.6 Å². The van der Waals surface area contributed by atoms with Crippen molar-refractivity contribution < 1.29 is 33.4 Å². The molecule has 0 unspecified atom stereocenters. The van der Waals surface area contributed by atoms with Crippen molar-refractivity contribution in [2.45, 2.75) is 71.1 Å². The van der Waals surface area contributed by atoms with E-state index in [0.29, 0.717) is 65.2 Å². The molecule has 2 saturated heterocycles. The molecular formula is C41H56N4O7. The molecule has 2 heterocycles. The van der Waals surface area contributed by atoms with E-state index in [9.17, 15) is 19.2 Å². The number of hydrogen-bond donors (Lipinski definition) is 0. The van der Waals surface area contributed by atoms with Crippen LogP contribution in [0.15, 0.2) is 60.7 Å². The Morgan fingerprint density at radius 2 is 1.12 bits per heavy atom. The lowest BCUT2D eigenvalue weighted by atomic mass is 9.89. The van der Waals surface area contributed by atoms with Crippen molar-refractivity contribution in [3.8, 4) is 24.7 Å². The predicted molar refractivity (Wildman–Crippen MR) is 202 cm³/mol. The van der Waals surface area contributed by atoms with Crippen LogP contribution in [0, 0.1) is 24.7 Å². The molecule has 52 heavy (non-hydrogen) atoms. The molecule has 11 heteroatoms. The lowest BCUT2D eigenvalue weighted by molar-refractivity contribution is -0.156. The third-order valence-electron chi connectivity index (χ3n) is 8.44. The van der Waals surface area contributed by atoms with Crippen molar-refractivity contribution in [2.24, 2.45) is 0 Å². The van der Waals surface area contributed by atoms with Gasteiger partial charge in [-0.15, -0.1) is 24.7 Å². The highest BCUT2D eigenvalue weighted by Crippen LogP contribution is 2.29. The van der Waals surface area contributed by atoms with E-state index in [1.54, 1.807) is 25.7 Å². The number of methoxy groups -OCH3 is 2. The van der Waals surface area contributed by atoms with E-state index in [4.69, 9.17) is 27.1 Å². The summed E-state index contributed by atoms with van der Waals surface area (Å²) in [6.45, 7) is 13.8. The summed E-state index contributed by atoms with van der Waals surface area (Å²) in [4.78, 5) is 57.6. The van der Waals surface area contributed by atoms with Gasteiger partial charge in [0.2, 0.25) is 5.91 Å². The van der Waals surface area contributed by atoms with Gasteiger partial charge >= 0.3 is 18.0 Å². The summed E-state index contributed by atoms with van der Waals surface area (Å²) < 4.78 is 15.2. The molecule has 2 aromatic rings. The van der Waals surface area contributed by atoms with E-state index >= 15 is 0 Å². The number of carbonyl (C=O) groups is 4. The molecule has 0 radical (unpaired) electrons. The summed E-state index contributed by atoms with van der Waals surface area (Å²) in [7, 11) is 2.67. The molecule has 4 rings (SSSR count). The van der Waals surface area contributed by atoms with Gasteiger partial charge in [-0.05, 0) is 31.9 Å². The highest BCUT2D eigenvalue weighted by Gasteiger charge is 2.40. The van der Waals surface area contributed by atoms with Crippen LogP contribution in [0.2, 0.25) is 0 Å². The van der Waals surface area contributed by atoms with E-state index in [2.05, 4.69) is 21.6 Å². The Bertz CT molecular complexity index is 1460. The number of rotatable bonds is 9. The fourth-order valence-electron chi connectivity index (χ4n) is 5.94. The van der Waals surface area contributed by atoms with E-state index in [-0.39, 0.29) is 5.91 Å². The van der Waals surface area contributed by atoms with Crippen LogP contribution in [0.4, 0.5) is 4.79 Å². The summed E-state index contributed by atoms with van der Waals surface area (Å²) in [6, 6.07) is 18.1. The molecule has 2 aliphatic heterocycles. The first-order chi connectivity index (χ1) is 24.9. The summed E-state index contributed by atoms with van der Waals surface area (Å²) in [5, 5.41) is 0. The third kappa shape index (κ3) is 13.0. The fraction of sp³-hybridized carbons (Fsp3) is 0.512. The van der Waals surface area contributed by atoms with Crippen LogP contribution in [0.25, 0.3) is 0 Å². The zero-order valence-corrected chi connectivity index (χ0v) is 31.9. The normalized spacial score (nSPS) is 17.6. The average molecular weight is 717 g/mol. The first-order valence-corrected chi connectivity index (χ1v) is 17.8. The van der Waals surface area contributed by atoms with Crippen molar-refractivity contribution in [1.29, 1.82) is 0 Å². The lowest BCUT2D eigenvalue weighted by Crippen LogP contribution is -2.59. The van der Waals surface area contributed by atoms with Crippen molar-refractivity contribution in [3.05, 3.63) is 71.8 Å². The molecule has 0 N–H and O–H groups in total. The van der Waals surface area contributed by atoms with Gasteiger partial charge in [0, 0.05) is 65.2 Å². The first kappa shape index (κ1) is 43.3. The summed E-state index contributed by atoms with van der Waals surface area (Å²) in [5.74, 6) is 3.81. The summed E-state index contributed by atoms with van der Waals surface area (Å²) in [6.07, 6.45) is 11.4. The standard InChI is InChI=1S/C24H26N2O3.C15H24N2O4.C2H6/c1-3-4-15-25-16-17-26(21(18-25)24(28)29-2)23(27)22(19-11-7-5-8-12-19)20-13-9-6-10-14-20;1-6-7-8-16-9-10-17(12(11-16)13(18)20-5)14(19)21-15(2,3)4;1-2/h1,5-14,21-22H,4,15-18H2,2H3;1,12H,7-11H2,2-5H3;1-2H3/t21-;12-;/m00./s1. The van der Waals surface area contributed by atoms with Crippen LogP contribution < -0.4 is 0 Å². The quantitative estimate of drug-likeness (QED) is 0.208. The number of esters is 2. The number of benzene rings is 2. The minimum atomic E-state index is -0.656. The summed E-state index contributed by atoms with van der Waals surface area (Å²) in [5.41, 5.74) is 1.21. The maximum absolute atomic E-state index is 13.7. The Balaban J connectivity index is 0.000000361. The van der Waals surface area contributed by atoms with E-state index < -0.39 is 41.6 Å².